The molecule has 0 atom stereocenters. The normalized spacial score (nSPS) is 10.5. The molecule has 102 valence electrons. The lowest BCUT2D eigenvalue weighted by Gasteiger charge is -2.23. The number of para-hydroxylation sites is 1. The molecule has 2 aromatic rings. The lowest BCUT2D eigenvalue weighted by molar-refractivity contribution is 0.808. The third-order valence-corrected chi connectivity index (χ3v) is 3.82. The molecule has 19 heavy (non-hydrogen) atoms. The Bertz CT molecular complexity index is 524. The van der Waals surface area contributed by atoms with Crippen LogP contribution in [0.3, 0.4) is 0 Å². The smallest absolute Gasteiger partial charge is 0.205 e. The molecule has 0 radical (unpaired) electrons. The Labute approximate surface area is 118 Å². The predicted octanol–water partition coefficient (Wildman–Crippen LogP) is 3.30. The minimum atomic E-state index is 0.810. The third-order valence-electron chi connectivity index (χ3n) is 2.96. The molecule has 0 aliphatic heterocycles. The van der Waals surface area contributed by atoms with E-state index in [0.29, 0.717) is 0 Å². The monoisotopic (exact) mass is 276 g/mol. The molecule has 0 aliphatic rings. The summed E-state index contributed by atoms with van der Waals surface area (Å²) in [7, 11) is 0. The Balaban J connectivity index is 2.12. The van der Waals surface area contributed by atoms with Gasteiger partial charge in [-0.05, 0) is 32.4 Å². The van der Waals surface area contributed by atoms with E-state index >= 15 is 0 Å². The van der Waals surface area contributed by atoms with E-state index in [0.717, 1.165) is 29.8 Å². The Morgan fingerprint density at radius 1 is 1.21 bits per heavy atom. The van der Waals surface area contributed by atoms with Gasteiger partial charge in [-0.2, -0.15) is 0 Å². The first-order valence-corrected chi connectivity index (χ1v) is 7.43. The van der Waals surface area contributed by atoms with Crippen molar-refractivity contribution >= 4 is 22.2 Å². The number of nitrogens with zero attached hydrogens (tertiary/aromatic N) is 3. The molecule has 1 N–H and O–H groups in total. The van der Waals surface area contributed by atoms with E-state index in [-0.39, 0.29) is 0 Å². The highest BCUT2D eigenvalue weighted by Gasteiger charge is 2.11. The van der Waals surface area contributed by atoms with Crippen molar-refractivity contribution < 1.29 is 0 Å². The molecule has 0 bridgehead atoms. The van der Waals surface area contributed by atoms with Gasteiger partial charge in [0, 0.05) is 18.8 Å². The maximum atomic E-state index is 4.24. The molecule has 0 spiro atoms. The average molecular weight is 276 g/mol. The van der Waals surface area contributed by atoms with Crippen molar-refractivity contribution in [2.45, 2.75) is 27.3 Å². The van der Waals surface area contributed by atoms with Gasteiger partial charge in [-0.25, -0.2) is 0 Å². The molecule has 2 rings (SSSR count). The van der Waals surface area contributed by atoms with Crippen molar-refractivity contribution in [3.05, 3.63) is 34.8 Å². The number of aromatic nitrogens is 2. The van der Waals surface area contributed by atoms with Gasteiger partial charge in [0.15, 0.2) is 0 Å². The summed E-state index contributed by atoms with van der Waals surface area (Å²) in [6, 6.07) is 8.45. The summed E-state index contributed by atoms with van der Waals surface area (Å²) in [4.78, 5) is 2.32. The van der Waals surface area contributed by atoms with Crippen LogP contribution in [0, 0.1) is 6.92 Å². The SMILES string of the molecule is CCNc1nnc(CN(CC)c2ccccc2C)s1. The van der Waals surface area contributed by atoms with Crippen molar-refractivity contribution in [1.82, 2.24) is 10.2 Å². The summed E-state index contributed by atoms with van der Waals surface area (Å²) in [6.45, 7) is 9.02. The number of nitrogens with one attached hydrogen (secondary N) is 1. The molecule has 0 aliphatic carbocycles. The predicted molar refractivity (Wildman–Crippen MR) is 82.0 cm³/mol. The molecule has 0 saturated heterocycles. The summed E-state index contributed by atoms with van der Waals surface area (Å²) in [5.41, 5.74) is 2.56. The second-order valence-corrected chi connectivity index (χ2v) is 5.39. The largest absolute Gasteiger partial charge is 0.365 e. The van der Waals surface area contributed by atoms with Crippen LogP contribution in [0.15, 0.2) is 24.3 Å². The van der Waals surface area contributed by atoms with Crippen LogP contribution in [-0.4, -0.2) is 23.3 Å². The summed E-state index contributed by atoms with van der Waals surface area (Å²) in [6.07, 6.45) is 0. The summed E-state index contributed by atoms with van der Waals surface area (Å²) < 4.78 is 0. The maximum Gasteiger partial charge on any atom is 0.205 e. The highest BCUT2D eigenvalue weighted by molar-refractivity contribution is 7.15. The number of benzene rings is 1. The van der Waals surface area contributed by atoms with Crippen molar-refractivity contribution in [2.24, 2.45) is 0 Å². The average Bonchev–Trinajstić information content (AvgIpc) is 2.85. The van der Waals surface area contributed by atoms with E-state index in [1.807, 2.05) is 0 Å². The minimum Gasteiger partial charge on any atom is -0.365 e. The lowest BCUT2D eigenvalue weighted by atomic mass is 10.2. The standard InChI is InChI=1S/C14H20N4S/c1-4-15-14-17-16-13(19-14)10-18(5-2)12-9-7-6-8-11(12)3/h6-9H,4-5,10H2,1-3H3,(H,15,17). The zero-order chi connectivity index (χ0) is 13.7. The minimum absolute atomic E-state index is 0.810. The zero-order valence-corrected chi connectivity index (χ0v) is 12.5. The number of aryl methyl sites for hydroxylation is 1. The second-order valence-electron chi connectivity index (χ2n) is 4.33. The second kappa shape index (κ2) is 6.52. The molecule has 0 saturated carbocycles. The van der Waals surface area contributed by atoms with Crippen LogP contribution >= 0.6 is 11.3 Å². The molecule has 1 aromatic carbocycles. The van der Waals surface area contributed by atoms with Crippen LogP contribution in [0.4, 0.5) is 10.8 Å². The van der Waals surface area contributed by atoms with Gasteiger partial charge in [0.2, 0.25) is 5.13 Å². The van der Waals surface area contributed by atoms with Crippen molar-refractivity contribution in [3.63, 3.8) is 0 Å². The van der Waals surface area contributed by atoms with E-state index in [9.17, 15) is 0 Å². The lowest BCUT2D eigenvalue weighted by Crippen LogP contribution is -2.22. The fourth-order valence-electron chi connectivity index (χ4n) is 1.99. The van der Waals surface area contributed by atoms with Crippen LogP contribution in [0.5, 0.6) is 0 Å². The Hall–Kier alpha value is -1.62. The molecule has 5 heteroatoms. The number of rotatable bonds is 6. The van der Waals surface area contributed by atoms with Gasteiger partial charge in [-0.1, -0.05) is 29.5 Å². The van der Waals surface area contributed by atoms with E-state index < -0.39 is 0 Å². The summed E-state index contributed by atoms with van der Waals surface area (Å²) >= 11 is 1.63. The first kappa shape index (κ1) is 13.8. The fraction of sp³-hybridized carbons (Fsp3) is 0.429. The van der Waals surface area contributed by atoms with Crippen molar-refractivity contribution in [2.75, 3.05) is 23.3 Å². The van der Waals surface area contributed by atoms with Crippen LogP contribution in [0.2, 0.25) is 0 Å². The molecule has 0 amide bonds. The van der Waals surface area contributed by atoms with E-state index in [2.05, 4.69) is 65.5 Å². The highest BCUT2D eigenvalue weighted by Crippen LogP contribution is 2.23. The van der Waals surface area contributed by atoms with E-state index in [1.54, 1.807) is 11.3 Å². The van der Waals surface area contributed by atoms with Crippen LogP contribution in [0.25, 0.3) is 0 Å². The quantitative estimate of drug-likeness (QED) is 0.879. The van der Waals surface area contributed by atoms with Gasteiger partial charge in [-0.3, -0.25) is 0 Å². The van der Waals surface area contributed by atoms with E-state index in [1.165, 1.54) is 11.3 Å². The molecule has 1 heterocycles. The van der Waals surface area contributed by atoms with Gasteiger partial charge in [0.25, 0.3) is 0 Å². The Kier molecular flexibility index (Phi) is 4.74. The van der Waals surface area contributed by atoms with Crippen LogP contribution in [-0.2, 0) is 6.54 Å². The highest BCUT2D eigenvalue weighted by atomic mass is 32.1. The van der Waals surface area contributed by atoms with Crippen LogP contribution < -0.4 is 10.2 Å². The van der Waals surface area contributed by atoms with Gasteiger partial charge in [-0.15, -0.1) is 10.2 Å². The summed E-state index contributed by atoms with van der Waals surface area (Å²) in [5, 5.41) is 13.5. The third kappa shape index (κ3) is 3.44. The number of anilines is 2. The molecular formula is C14H20N4S. The van der Waals surface area contributed by atoms with Crippen molar-refractivity contribution in [3.8, 4) is 0 Å². The number of hydrogen-bond acceptors (Lipinski definition) is 5. The Morgan fingerprint density at radius 3 is 2.68 bits per heavy atom. The molecule has 0 unspecified atom stereocenters. The fourth-order valence-corrected chi connectivity index (χ4v) is 2.81. The molecular weight excluding hydrogens is 256 g/mol. The molecule has 0 fully saturated rings. The summed E-state index contributed by atoms with van der Waals surface area (Å²) in [5.74, 6) is 0. The van der Waals surface area contributed by atoms with Gasteiger partial charge >= 0.3 is 0 Å². The maximum absolute atomic E-state index is 4.24. The van der Waals surface area contributed by atoms with Crippen molar-refractivity contribution in [1.29, 1.82) is 0 Å². The Morgan fingerprint density at radius 2 is 2.00 bits per heavy atom. The topological polar surface area (TPSA) is 41.1 Å². The molecule has 4 nitrogen and oxygen atoms in total. The van der Waals surface area contributed by atoms with Crippen LogP contribution in [0.1, 0.15) is 24.4 Å². The first-order valence-electron chi connectivity index (χ1n) is 6.61. The van der Waals surface area contributed by atoms with Gasteiger partial charge < -0.3 is 10.2 Å². The van der Waals surface area contributed by atoms with E-state index in [4.69, 9.17) is 0 Å². The number of hydrogen-bond donors (Lipinski definition) is 1. The molecule has 1 aromatic heterocycles. The van der Waals surface area contributed by atoms with Gasteiger partial charge in [0.05, 0.1) is 6.54 Å². The zero-order valence-electron chi connectivity index (χ0n) is 11.7. The van der Waals surface area contributed by atoms with Gasteiger partial charge in [0.1, 0.15) is 5.01 Å². The first-order chi connectivity index (χ1) is 9.24.